The number of nitrogens with one attached hydrogen (secondary N) is 1. The van der Waals surface area contributed by atoms with Crippen molar-refractivity contribution >= 4 is 34.9 Å². The smallest absolute Gasteiger partial charge is 0.270 e. The lowest BCUT2D eigenvalue weighted by molar-refractivity contribution is -0.126. The van der Waals surface area contributed by atoms with Crippen LogP contribution in [0.4, 0.5) is 10.1 Å². The highest BCUT2D eigenvalue weighted by molar-refractivity contribution is 7.09. The van der Waals surface area contributed by atoms with E-state index in [0.29, 0.717) is 11.1 Å². The fourth-order valence-electron chi connectivity index (χ4n) is 4.40. The zero-order valence-corrected chi connectivity index (χ0v) is 20.7. The third-order valence-electron chi connectivity index (χ3n) is 6.34. The Bertz CT molecular complexity index is 1250. The van der Waals surface area contributed by atoms with Gasteiger partial charge < -0.3 is 21.7 Å². The molecule has 4 rings (SSSR count). The molecular formula is C26H28FN5O3S. The molecule has 0 radical (unpaired) electrons. The van der Waals surface area contributed by atoms with E-state index in [9.17, 15) is 18.8 Å². The van der Waals surface area contributed by atoms with Gasteiger partial charge in [-0.25, -0.2) is 4.39 Å². The van der Waals surface area contributed by atoms with Gasteiger partial charge in [0, 0.05) is 12.6 Å². The summed E-state index contributed by atoms with van der Waals surface area (Å²) >= 11 is 0.755. The Kier molecular flexibility index (Phi) is 7.64. The molecule has 3 aromatic rings. The van der Waals surface area contributed by atoms with Crippen molar-refractivity contribution in [3.8, 4) is 0 Å². The number of nitrogens with zero attached hydrogens (tertiary/aromatic N) is 2. The van der Waals surface area contributed by atoms with Crippen LogP contribution in [0.1, 0.15) is 68.6 Å². The molecule has 2 aromatic carbocycles. The number of aromatic nitrogens is 1. The molecule has 0 aliphatic heterocycles. The average molecular weight is 510 g/mol. The number of nitrogens with two attached hydrogens (primary N) is 2. The monoisotopic (exact) mass is 509 g/mol. The van der Waals surface area contributed by atoms with E-state index in [1.54, 1.807) is 12.1 Å². The van der Waals surface area contributed by atoms with Crippen LogP contribution in [-0.4, -0.2) is 33.0 Å². The van der Waals surface area contributed by atoms with E-state index in [1.807, 2.05) is 31.2 Å². The number of benzene rings is 2. The van der Waals surface area contributed by atoms with Gasteiger partial charge in [-0.1, -0.05) is 54.8 Å². The van der Waals surface area contributed by atoms with Crippen LogP contribution >= 0.6 is 11.5 Å². The van der Waals surface area contributed by atoms with Gasteiger partial charge in [0.2, 0.25) is 5.91 Å². The van der Waals surface area contributed by atoms with E-state index in [1.165, 1.54) is 17.0 Å². The van der Waals surface area contributed by atoms with Crippen molar-refractivity contribution in [1.29, 1.82) is 0 Å². The number of nitrogen functional groups attached to an aromatic ring is 1. The second-order valence-corrected chi connectivity index (χ2v) is 9.77. The molecule has 188 valence electrons. The summed E-state index contributed by atoms with van der Waals surface area (Å²) in [6.07, 6.45) is 3.82. The van der Waals surface area contributed by atoms with Gasteiger partial charge >= 0.3 is 0 Å². The lowest BCUT2D eigenvalue weighted by Crippen LogP contribution is -2.45. The summed E-state index contributed by atoms with van der Waals surface area (Å²) < 4.78 is 17.5. The van der Waals surface area contributed by atoms with Gasteiger partial charge in [-0.3, -0.25) is 14.4 Å². The van der Waals surface area contributed by atoms with Crippen LogP contribution < -0.4 is 16.8 Å². The van der Waals surface area contributed by atoms with Gasteiger partial charge in [-0.2, -0.15) is 4.37 Å². The minimum absolute atomic E-state index is 0.00100. The quantitative estimate of drug-likeness (QED) is 0.426. The molecule has 3 amide bonds. The van der Waals surface area contributed by atoms with E-state index in [2.05, 4.69) is 9.69 Å². The van der Waals surface area contributed by atoms with E-state index in [0.717, 1.165) is 42.8 Å². The highest BCUT2D eigenvalue weighted by atomic mass is 32.1. The maximum absolute atomic E-state index is 13.9. The Labute approximate surface area is 212 Å². The summed E-state index contributed by atoms with van der Waals surface area (Å²) in [7, 11) is 0. The van der Waals surface area contributed by atoms with E-state index in [4.69, 9.17) is 11.5 Å². The van der Waals surface area contributed by atoms with Crippen molar-refractivity contribution in [1.82, 2.24) is 14.6 Å². The van der Waals surface area contributed by atoms with Gasteiger partial charge in [0.25, 0.3) is 11.8 Å². The van der Waals surface area contributed by atoms with Crippen LogP contribution in [-0.2, 0) is 11.3 Å². The predicted molar refractivity (Wildman–Crippen MR) is 136 cm³/mol. The van der Waals surface area contributed by atoms with Crippen molar-refractivity contribution in [3.05, 3.63) is 81.6 Å². The average Bonchev–Trinajstić information content (AvgIpc) is 3.50. The Morgan fingerprint density at radius 3 is 2.33 bits per heavy atom. The lowest BCUT2D eigenvalue weighted by Gasteiger charge is -2.32. The SMILES string of the molecule is Cc1ccc([C@@H](C(=O)NC2CCCC2)N(Cc2ccc(F)cc2)C(=O)c2snc(C(N)=O)c2N)cc1. The molecule has 10 heteroatoms. The second-order valence-electron chi connectivity index (χ2n) is 9.00. The number of amides is 3. The first kappa shape index (κ1) is 25.3. The molecule has 36 heavy (non-hydrogen) atoms. The Morgan fingerprint density at radius 1 is 1.11 bits per heavy atom. The minimum atomic E-state index is -0.998. The topological polar surface area (TPSA) is 131 Å². The third kappa shape index (κ3) is 5.54. The number of anilines is 1. The Morgan fingerprint density at radius 2 is 1.75 bits per heavy atom. The summed E-state index contributed by atoms with van der Waals surface area (Å²) in [6.45, 7) is 1.93. The van der Waals surface area contributed by atoms with Crippen LogP contribution in [0.2, 0.25) is 0 Å². The molecule has 1 atom stereocenters. The van der Waals surface area contributed by atoms with Gasteiger partial charge in [0.15, 0.2) is 5.69 Å². The summed E-state index contributed by atoms with van der Waals surface area (Å²) in [5.74, 6) is -2.15. The Balaban J connectivity index is 1.79. The number of primary amides is 1. The minimum Gasteiger partial charge on any atom is -0.395 e. The maximum Gasteiger partial charge on any atom is 0.270 e. The maximum atomic E-state index is 13.9. The zero-order valence-electron chi connectivity index (χ0n) is 19.9. The van der Waals surface area contributed by atoms with Crippen molar-refractivity contribution in [3.63, 3.8) is 0 Å². The highest BCUT2D eigenvalue weighted by Crippen LogP contribution is 2.31. The van der Waals surface area contributed by atoms with Gasteiger partial charge in [-0.05, 0) is 54.6 Å². The number of aryl methyl sites for hydroxylation is 1. The number of hydrogen-bond acceptors (Lipinski definition) is 6. The summed E-state index contributed by atoms with van der Waals surface area (Å²) in [4.78, 5) is 40.7. The molecule has 0 spiro atoms. The first-order chi connectivity index (χ1) is 17.2. The first-order valence-corrected chi connectivity index (χ1v) is 12.5. The number of halogens is 1. The van der Waals surface area contributed by atoms with Crippen LogP contribution in [0.3, 0.4) is 0 Å². The number of hydrogen-bond donors (Lipinski definition) is 3. The van der Waals surface area contributed by atoms with Crippen molar-refractivity contribution < 1.29 is 18.8 Å². The molecule has 0 bridgehead atoms. The molecular weight excluding hydrogens is 481 g/mol. The standard InChI is InChI=1S/C26H28FN5O3S/c1-15-6-10-17(11-7-15)22(25(34)30-19-4-2-3-5-19)32(14-16-8-12-18(27)13-9-16)26(35)23-20(28)21(24(29)33)31-36-23/h6-13,19,22H,2-5,14,28H2,1H3,(H2,29,33)(H,30,34)/t22-/m0/s1. The number of rotatable bonds is 8. The van der Waals surface area contributed by atoms with E-state index >= 15 is 0 Å². The number of carbonyl (C=O) groups is 3. The van der Waals surface area contributed by atoms with Crippen molar-refractivity contribution in [2.45, 2.75) is 51.2 Å². The second kappa shape index (κ2) is 10.9. The molecule has 1 fully saturated rings. The van der Waals surface area contributed by atoms with Crippen LogP contribution in [0.25, 0.3) is 0 Å². The third-order valence-corrected chi connectivity index (χ3v) is 7.19. The van der Waals surface area contributed by atoms with Gasteiger partial charge in [-0.15, -0.1) is 0 Å². The van der Waals surface area contributed by atoms with Gasteiger partial charge in [0.1, 0.15) is 16.7 Å². The molecule has 1 aliphatic carbocycles. The lowest BCUT2D eigenvalue weighted by atomic mass is 10.0. The predicted octanol–water partition coefficient (Wildman–Crippen LogP) is 3.71. The molecule has 1 aliphatic rings. The zero-order chi connectivity index (χ0) is 25.8. The molecule has 0 saturated heterocycles. The fourth-order valence-corrected chi connectivity index (χ4v) is 5.16. The van der Waals surface area contributed by atoms with Crippen molar-refractivity contribution in [2.24, 2.45) is 5.73 Å². The molecule has 0 unspecified atom stereocenters. The van der Waals surface area contributed by atoms with Crippen LogP contribution in [0.15, 0.2) is 48.5 Å². The summed E-state index contributed by atoms with van der Waals surface area (Å²) in [6, 6.07) is 12.1. The van der Waals surface area contributed by atoms with E-state index < -0.39 is 23.7 Å². The van der Waals surface area contributed by atoms with E-state index in [-0.39, 0.29) is 34.8 Å². The molecule has 5 N–H and O–H groups in total. The van der Waals surface area contributed by atoms with Crippen LogP contribution in [0.5, 0.6) is 0 Å². The fraction of sp³-hybridized carbons (Fsp3) is 0.308. The molecule has 1 saturated carbocycles. The Hall–Kier alpha value is -3.79. The van der Waals surface area contributed by atoms with Crippen molar-refractivity contribution in [2.75, 3.05) is 5.73 Å². The first-order valence-electron chi connectivity index (χ1n) is 11.7. The highest BCUT2D eigenvalue weighted by Gasteiger charge is 2.36. The van der Waals surface area contributed by atoms with Crippen LogP contribution in [0, 0.1) is 12.7 Å². The largest absolute Gasteiger partial charge is 0.395 e. The van der Waals surface area contributed by atoms with Gasteiger partial charge in [0.05, 0.1) is 5.69 Å². The number of carbonyl (C=O) groups excluding carboxylic acids is 3. The molecule has 1 aromatic heterocycles. The normalized spacial score (nSPS) is 14.4. The summed E-state index contributed by atoms with van der Waals surface area (Å²) in [5, 5.41) is 3.10. The molecule has 1 heterocycles. The molecule has 8 nitrogen and oxygen atoms in total. The summed E-state index contributed by atoms with van der Waals surface area (Å²) in [5.41, 5.74) is 13.3.